The van der Waals surface area contributed by atoms with Gasteiger partial charge in [0.25, 0.3) is 0 Å². The second-order valence-corrected chi connectivity index (χ2v) is 4.86. The molecule has 0 atom stereocenters. The summed E-state index contributed by atoms with van der Waals surface area (Å²) in [5.41, 5.74) is 2.55. The number of benzene rings is 1. The first-order valence-electron chi connectivity index (χ1n) is 5.42. The number of fused-ring (bicyclic) bond motifs is 1. The first-order chi connectivity index (χ1) is 8.65. The van der Waals surface area contributed by atoms with Crippen LogP contribution in [0, 0.1) is 6.92 Å². The van der Waals surface area contributed by atoms with Gasteiger partial charge in [0.05, 0.1) is 15.6 Å². The van der Waals surface area contributed by atoms with Crippen molar-refractivity contribution >= 4 is 28.8 Å². The zero-order valence-electron chi connectivity index (χ0n) is 9.56. The molecule has 3 nitrogen and oxygen atoms in total. The second-order valence-electron chi connectivity index (χ2n) is 4.04. The fourth-order valence-corrected chi connectivity index (χ4v) is 2.37. The number of hydrogen-bond donors (Lipinski definition) is 0. The van der Waals surface area contributed by atoms with E-state index in [9.17, 15) is 0 Å². The fraction of sp³-hybridized carbons (Fsp3) is 0.0769. The molecule has 0 fully saturated rings. The largest absolute Gasteiger partial charge is 0.220 e. The molecule has 0 aliphatic carbocycles. The number of aryl methyl sites for hydroxylation is 1. The van der Waals surface area contributed by atoms with Gasteiger partial charge in [0.2, 0.25) is 0 Å². The lowest BCUT2D eigenvalue weighted by molar-refractivity contribution is 0.956. The lowest BCUT2D eigenvalue weighted by Crippen LogP contribution is -1.88. The molecule has 0 amide bonds. The number of nitrogens with zero attached hydrogens (tertiary/aromatic N) is 3. The lowest BCUT2D eigenvalue weighted by atomic mass is 10.2. The third-order valence-electron chi connectivity index (χ3n) is 2.67. The van der Waals surface area contributed by atoms with Crippen LogP contribution >= 0.6 is 23.2 Å². The summed E-state index contributed by atoms with van der Waals surface area (Å²) in [6.45, 7) is 2.00. The average Bonchev–Trinajstić information content (AvgIpc) is 2.71. The summed E-state index contributed by atoms with van der Waals surface area (Å²) in [6, 6.07) is 9.26. The zero-order valence-corrected chi connectivity index (χ0v) is 11.1. The molecule has 0 bridgehead atoms. The summed E-state index contributed by atoms with van der Waals surface area (Å²) in [5.74, 6) is 0.538. The Morgan fingerprint density at radius 1 is 1.06 bits per heavy atom. The maximum Gasteiger partial charge on any atom is 0.185 e. The van der Waals surface area contributed by atoms with Crippen LogP contribution in [-0.4, -0.2) is 14.6 Å². The van der Waals surface area contributed by atoms with Gasteiger partial charge in [-0.1, -0.05) is 35.3 Å². The van der Waals surface area contributed by atoms with Crippen molar-refractivity contribution in [3.8, 4) is 11.4 Å². The predicted molar refractivity (Wildman–Crippen MR) is 73.2 cm³/mol. The van der Waals surface area contributed by atoms with Gasteiger partial charge < -0.3 is 0 Å². The van der Waals surface area contributed by atoms with E-state index in [1.165, 1.54) is 0 Å². The first-order valence-corrected chi connectivity index (χ1v) is 6.18. The Morgan fingerprint density at radius 3 is 2.50 bits per heavy atom. The molecule has 1 aromatic carbocycles. The molecule has 0 unspecified atom stereocenters. The van der Waals surface area contributed by atoms with Crippen LogP contribution in [0.1, 0.15) is 5.56 Å². The van der Waals surface area contributed by atoms with Gasteiger partial charge in [-0.05, 0) is 30.7 Å². The van der Waals surface area contributed by atoms with E-state index in [1.54, 1.807) is 22.7 Å². The normalized spacial score (nSPS) is 11.1. The number of rotatable bonds is 1. The summed E-state index contributed by atoms with van der Waals surface area (Å²) < 4.78 is 1.73. The molecule has 0 saturated heterocycles. The van der Waals surface area contributed by atoms with E-state index in [0.29, 0.717) is 21.4 Å². The van der Waals surface area contributed by atoms with Crippen LogP contribution in [0.4, 0.5) is 0 Å². The van der Waals surface area contributed by atoms with Crippen molar-refractivity contribution in [3.63, 3.8) is 0 Å². The van der Waals surface area contributed by atoms with Gasteiger partial charge in [-0.15, -0.1) is 5.10 Å². The summed E-state index contributed by atoms with van der Waals surface area (Å²) in [4.78, 5) is 4.43. The van der Waals surface area contributed by atoms with Crippen LogP contribution in [0.3, 0.4) is 0 Å². The van der Waals surface area contributed by atoms with Gasteiger partial charge >= 0.3 is 0 Å². The first kappa shape index (κ1) is 11.5. The van der Waals surface area contributed by atoms with Crippen molar-refractivity contribution in [1.82, 2.24) is 14.6 Å². The Bertz CT molecular complexity index is 714. The Balaban J connectivity index is 2.26. The fourth-order valence-electron chi connectivity index (χ4n) is 1.80. The van der Waals surface area contributed by atoms with E-state index in [0.717, 1.165) is 11.2 Å². The van der Waals surface area contributed by atoms with Crippen LogP contribution in [0.25, 0.3) is 17.0 Å². The van der Waals surface area contributed by atoms with E-state index in [4.69, 9.17) is 23.2 Å². The zero-order chi connectivity index (χ0) is 12.7. The molecule has 2 heterocycles. The van der Waals surface area contributed by atoms with Gasteiger partial charge in [0.1, 0.15) is 0 Å². The molecule has 0 radical (unpaired) electrons. The van der Waals surface area contributed by atoms with E-state index in [1.807, 2.05) is 25.3 Å². The molecule has 0 spiro atoms. The predicted octanol–water partition coefficient (Wildman–Crippen LogP) is 4.01. The summed E-state index contributed by atoms with van der Waals surface area (Å²) in [7, 11) is 0. The van der Waals surface area contributed by atoms with Crippen molar-refractivity contribution in [2.75, 3.05) is 0 Å². The van der Waals surface area contributed by atoms with Crippen molar-refractivity contribution in [1.29, 1.82) is 0 Å². The Labute approximate surface area is 114 Å². The van der Waals surface area contributed by atoms with Crippen molar-refractivity contribution in [2.24, 2.45) is 0 Å². The molecule has 0 saturated carbocycles. The van der Waals surface area contributed by atoms with Crippen LogP contribution < -0.4 is 0 Å². The van der Waals surface area contributed by atoms with E-state index in [-0.39, 0.29) is 0 Å². The van der Waals surface area contributed by atoms with Crippen LogP contribution in [-0.2, 0) is 0 Å². The Hall–Kier alpha value is -1.58. The van der Waals surface area contributed by atoms with E-state index in [2.05, 4.69) is 10.1 Å². The third-order valence-corrected chi connectivity index (χ3v) is 3.30. The highest BCUT2D eigenvalue weighted by molar-refractivity contribution is 6.38. The summed E-state index contributed by atoms with van der Waals surface area (Å²) in [5, 5.41) is 5.50. The second kappa shape index (κ2) is 4.26. The van der Waals surface area contributed by atoms with Gasteiger partial charge in [-0.2, -0.15) is 0 Å². The van der Waals surface area contributed by atoms with Crippen LogP contribution in [0.15, 0.2) is 36.5 Å². The van der Waals surface area contributed by atoms with Gasteiger partial charge in [0, 0.05) is 6.20 Å². The minimum absolute atomic E-state index is 0.538. The molecular formula is C13H9Cl2N3. The number of hydrogen-bond acceptors (Lipinski definition) is 2. The molecule has 0 aliphatic heterocycles. The van der Waals surface area contributed by atoms with Crippen molar-refractivity contribution in [3.05, 3.63) is 52.1 Å². The molecule has 3 aromatic rings. The quantitative estimate of drug-likeness (QED) is 0.673. The van der Waals surface area contributed by atoms with Crippen LogP contribution in [0.5, 0.6) is 0 Å². The Morgan fingerprint density at radius 2 is 1.78 bits per heavy atom. The average molecular weight is 278 g/mol. The maximum absolute atomic E-state index is 6.15. The number of halogens is 2. The topological polar surface area (TPSA) is 30.2 Å². The number of pyridine rings is 1. The molecule has 0 aliphatic rings. The van der Waals surface area contributed by atoms with E-state index >= 15 is 0 Å². The highest BCUT2D eigenvalue weighted by Crippen LogP contribution is 2.32. The minimum atomic E-state index is 0.538. The molecule has 2 aromatic heterocycles. The van der Waals surface area contributed by atoms with Gasteiger partial charge in [-0.3, -0.25) is 0 Å². The van der Waals surface area contributed by atoms with Crippen molar-refractivity contribution < 1.29 is 0 Å². The molecule has 3 rings (SSSR count). The van der Waals surface area contributed by atoms with E-state index < -0.39 is 0 Å². The molecule has 90 valence electrons. The Kier molecular flexibility index (Phi) is 2.73. The standard InChI is InChI=1S/C13H9Cl2N3/c1-8-5-6-11-16-13(17-18(11)7-8)12-9(14)3-2-4-10(12)15/h2-7H,1H3. The van der Waals surface area contributed by atoms with Gasteiger partial charge in [0.15, 0.2) is 11.5 Å². The maximum atomic E-state index is 6.15. The SMILES string of the molecule is Cc1ccc2nc(-c3c(Cl)cccc3Cl)nn2c1. The van der Waals surface area contributed by atoms with Gasteiger partial charge in [-0.25, -0.2) is 9.50 Å². The number of aromatic nitrogens is 3. The molecular weight excluding hydrogens is 269 g/mol. The highest BCUT2D eigenvalue weighted by Gasteiger charge is 2.13. The third kappa shape index (κ3) is 1.85. The smallest absolute Gasteiger partial charge is 0.185 e. The molecule has 0 N–H and O–H groups in total. The van der Waals surface area contributed by atoms with Crippen molar-refractivity contribution in [2.45, 2.75) is 6.92 Å². The monoisotopic (exact) mass is 277 g/mol. The lowest BCUT2D eigenvalue weighted by Gasteiger charge is -2.00. The van der Waals surface area contributed by atoms with Crippen LogP contribution in [0.2, 0.25) is 10.0 Å². The summed E-state index contributed by atoms with van der Waals surface area (Å²) >= 11 is 12.3. The molecule has 18 heavy (non-hydrogen) atoms. The minimum Gasteiger partial charge on any atom is -0.220 e. The molecule has 5 heteroatoms. The summed E-state index contributed by atoms with van der Waals surface area (Å²) in [6.07, 6.45) is 1.91. The highest BCUT2D eigenvalue weighted by atomic mass is 35.5.